The van der Waals surface area contributed by atoms with Gasteiger partial charge in [-0.15, -0.1) is 13.2 Å². The molecule has 30 heavy (non-hydrogen) atoms. The molecule has 1 aliphatic heterocycles. The molecule has 0 amide bonds. The average molecular weight is 529 g/mol. The molecule has 160 valence electrons. The Balaban J connectivity index is 1.60. The molecule has 0 bridgehead atoms. The van der Waals surface area contributed by atoms with Crippen LogP contribution < -0.4 is 0 Å². The van der Waals surface area contributed by atoms with Crippen LogP contribution in [0.4, 0.5) is 13.2 Å². The third-order valence-corrected chi connectivity index (χ3v) is 6.66. The average Bonchev–Trinajstić information content (AvgIpc) is 3.18. The lowest BCUT2D eigenvalue weighted by Crippen LogP contribution is -2.28. The SMILES string of the molecule is CN1C(C2=C(I)C=CCC2)=CCCC1c1ccc(C2=C(OC(F)(F)F)C=CCC2)o1. The van der Waals surface area contributed by atoms with Gasteiger partial charge in [0.15, 0.2) is 0 Å². The number of hydrogen-bond donors (Lipinski definition) is 0. The van der Waals surface area contributed by atoms with Gasteiger partial charge in [-0.3, -0.25) is 0 Å². The van der Waals surface area contributed by atoms with Gasteiger partial charge in [0.2, 0.25) is 0 Å². The molecule has 3 nitrogen and oxygen atoms in total. The lowest BCUT2D eigenvalue weighted by molar-refractivity contribution is -0.303. The van der Waals surface area contributed by atoms with Gasteiger partial charge in [0.05, 0.1) is 6.04 Å². The van der Waals surface area contributed by atoms with E-state index in [1.807, 2.05) is 6.07 Å². The van der Waals surface area contributed by atoms with E-state index in [1.54, 1.807) is 12.1 Å². The predicted molar refractivity (Wildman–Crippen MR) is 118 cm³/mol. The summed E-state index contributed by atoms with van der Waals surface area (Å²) in [6.07, 6.45) is 9.97. The molecule has 4 rings (SSSR count). The molecule has 3 aliphatic rings. The quantitative estimate of drug-likeness (QED) is 0.377. The number of rotatable bonds is 4. The molecule has 0 saturated carbocycles. The molecule has 0 saturated heterocycles. The molecule has 2 heterocycles. The van der Waals surface area contributed by atoms with Crippen LogP contribution in [0.5, 0.6) is 0 Å². The molecule has 0 spiro atoms. The molecular formula is C23H23F3INO2. The van der Waals surface area contributed by atoms with Crippen molar-refractivity contribution < 1.29 is 22.3 Å². The van der Waals surface area contributed by atoms with E-state index in [2.05, 4.69) is 57.5 Å². The van der Waals surface area contributed by atoms with Crippen LogP contribution in [0.25, 0.3) is 5.57 Å². The first-order valence-corrected chi connectivity index (χ1v) is 11.2. The van der Waals surface area contributed by atoms with Crippen molar-refractivity contribution in [2.75, 3.05) is 7.05 Å². The van der Waals surface area contributed by atoms with Crippen LogP contribution in [0.2, 0.25) is 0 Å². The maximum absolute atomic E-state index is 12.8. The van der Waals surface area contributed by atoms with Crippen molar-refractivity contribution >= 4 is 28.2 Å². The van der Waals surface area contributed by atoms with E-state index in [0.29, 0.717) is 24.2 Å². The van der Waals surface area contributed by atoms with Gasteiger partial charge in [-0.1, -0.05) is 24.3 Å². The van der Waals surface area contributed by atoms with Crippen LogP contribution in [0, 0.1) is 0 Å². The van der Waals surface area contributed by atoms with E-state index in [0.717, 1.165) is 31.4 Å². The molecule has 1 aromatic rings. The van der Waals surface area contributed by atoms with E-state index in [4.69, 9.17) is 4.42 Å². The first-order chi connectivity index (χ1) is 14.3. The second-order valence-corrected chi connectivity index (χ2v) is 8.76. The Kier molecular flexibility index (Phi) is 6.18. The van der Waals surface area contributed by atoms with Gasteiger partial charge in [0, 0.05) is 21.9 Å². The molecule has 7 heteroatoms. The summed E-state index contributed by atoms with van der Waals surface area (Å²) >= 11 is 2.38. The maximum atomic E-state index is 12.8. The summed E-state index contributed by atoms with van der Waals surface area (Å²) < 4.78 is 49.9. The summed E-state index contributed by atoms with van der Waals surface area (Å²) in [6, 6.07) is 3.70. The van der Waals surface area contributed by atoms with Crippen molar-refractivity contribution in [2.24, 2.45) is 0 Å². The van der Waals surface area contributed by atoms with Crippen LogP contribution in [-0.4, -0.2) is 18.3 Å². The van der Waals surface area contributed by atoms with Crippen LogP contribution >= 0.6 is 22.6 Å². The zero-order valence-electron chi connectivity index (χ0n) is 16.6. The Hall–Kier alpha value is -1.90. The lowest BCUT2D eigenvalue weighted by Gasteiger charge is -2.36. The van der Waals surface area contributed by atoms with Gasteiger partial charge >= 0.3 is 6.36 Å². The fourth-order valence-electron chi connectivity index (χ4n) is 4.24. The van der Waals surface area contributed by atoms with E-state index >= 15 is 0 Å². The van der Waals surface area contributed by atoms with Crippen LogP contribution in [-0.2, 0) is 4.74 Å². The van der Waals surface area contributed by atoms with Gasteiger partial charge in [0.25, 0.3) is 0 Å². The molecule has 1 unspecified atom stereocenters. The lowest BCUT2D eigenvalue weighted by atomic mass is 9.94. The molecule has 0 aromatic carbocycles. The molecule has 2 aliphatic carbocycles. The molecule has 1 atom stereocenters. The van der Waals surface area contributed by atoms with E-state index < -0.39 is 6.36 Å². The van der Waals surface area contributed by atoms with Crippen molar-refractivity contribution in [2.45, 2.75) is 50.9 Å². The summed E-state index contributed by atoms with van der Waals surface area (Å²) in [6.45, 7) is 0. The van der Waals surface area contributed by atoms with Crippen LogP contribution in [0.3, 0.4) is 0 Å². The minimum Gasteiger partial charge on any atom is -0.459 e. The van der Waals surface area contributed by atoms with Gasteiger partial charge in [-0.2, -0.15) is 0 Å². The summed E-state index contributed by atoms with van der Waals surface area (Å²) in [5, 5.41) is 0. The third kappa shape index (κ3) is 4.55. The predicted octanol–water partition coefficient (Wildman–Crippen LogP) is 7.57. The van der Waals surface area contributed by atoms with Crippen LogP contribution in [0.1, 0.15) is 56.1 Å². The third-order valence-electron chi connectivity index (χ3n) is 5.65. The van der Waals surface area contributed by atoms with Crippen molar-refractivity contribution in [3.8, 4) is 0 Å². The largest absolute Gasteiger partial charge is 0.573 e. The number of nitrogens with zero attached hydrogens (tertiary/aromatic N) is 1. The highest BCUT2D eigenvalue weighted by molar-refractivity contribution is 14.1. The Bertz CT molecular complexity index is 965. The minimum atomic E-state index is -4.72. The Morgan fingerprint density at radius 2 is 1.80 bits per heavy atom. The molecule has 0 fully saturated rings. The summed E-state index contributed by atoms with van der Waals surface area (Å²) in [5.41, 5.74) is 3.03. The number of ether oxygens (including phenoxy) is 1. The zero-order chi connectivity index (χ0) is 21.3. The van der Waals surface area contributed by atoms with Crippen molar-refractivity contribution in [3.63, 3.8) is 0 Å². The fourth-order valence-corrected chi connectivity index (χ4v) is 5.04. The second-order valence-electron chi connectivity index (χ2n) is 7.59. The first-order valence-electron chi connectivity index (χ1n) is 10.1. The summed E-state index contributed by atoms with van der Waals surface area (Å²) in [7, 11) is 2.06. The molecule has 0 radical (unpaired) electrons. The van der Waals surface area contributed by atoms with Gasteiger partial charge in [-0.05, 0) is 84.9 Å². The van der Waals surface area contributed by atoms with Crippen molar-refractivity contribution in [3.05, 3.63) is 74.6 Å². The van der Waals surface area contributed by atoms with Gasteiger partial charge in [-0.25, -0.2) is 0 Å². The van der Waals surface area contributed by atoms with Crippen molar-refractivity contribution in [1.29, 1.82) is 0 Å². The summed E-state index contributed by atoms with van der Waals surface area (Å²) in [4.78, 5) is 2.24. The smallest absolute Gasteiger partial charge is 0.459 e. The highest BCUT2D eigenvalue weighted by atomic mass is 127. The van der Waals surface area contributed by atoms with E-state index in [-0.39, 0.29) is 11.8 Å². The molecule has 1 aromatic heterocycles. The Labute approximate surface area is 187 Å². The van der Waals surface area contributed by atoms with Gasteiger partial charge < -0.3 is 14.1 Å². The number of likely N-dealkylation sites (N-methyl/N-ethyl adjacent to an activating group) is 1. The number of allylic oxidation sites excluding steroid dienone is 8. The maximum Gasteiger partial charge on any atom is 0.573 e. The topological polar surface area (TPSA) is 25.6 Å². The van der Waals surface area contributed by atoms with Crippen LogP contribution in [0.15, 0.2) is 67.5 Å². The number of hydrogen-bond acceptors (Lipinski definition) is 3. The number of halogens is 4. The molecule has 0 N–H and O–H groups in total. The number of furan rings is 1. The van der Waals surface area contributed by atoms with E-state index in [1.165, 1.54) is 20.9 Å². The first kappa shape index (κ1) is 21.3. The second kappa shape index (κ2) is 8.69. The molecular weight excluding hydrogens is 506 g/mol. The zero-order valence-corrected chi connectivity index (χ0v) is 18.8. The Morgan fingerprint density at radius 1 is 1.07 bits per heavy atom. The number of alkyl halides is 3. The standard InChI is InChI=1S/C23H23F3INO2/c1-28-18(15-7-2-4-9-17(15)27)10-6-11-19(28)22-14-13-20(29-22)16-8-3-5-12-21(16)30-23(24,25)26/h4-5,9-10,12-14,19H,2-3,6-8,11H2,1H3. The Morgan fingerprint density at radius 3 is 2.53 bits per heavy atom. The monoisotopic (exact) mass is 529 g/mol. The van der Waals surface area contributed by atoms with Crippen molar-refractivity contribution in [1.82, 2.24) is 4.90 Å². The normalized spacial score (nSPS) is 22.6. The fraction of sp³-hybridized carbons (Fsp3) is 0.391. The minimum absolute atomic E-state index is 0.0491. The van der Waals surface area contributed by atoms with Gasteiger partial charge in [0.1, 0.15) is 17.3 Å². The highest BCUT2D eigenvalue weighted by Gasteiger charge is 2.34. The highest BCUT2D eigenvalue weighted by Crippen LogP contribution is 2.41. The van der Waals surface area contributed by atoms with E-state index in [9.17, 15) is 13.2 Å². The summed E-state index contributed by atoms with van der Waals surface area (Å²) in [5.74, 6) is 1.04.